The van der Waals surface area contributed by atoms with E-state index in [0.29, 0.717) is 25.7 Å². The van der Waals surface area contributed by atoms with E-state index in [9.17, 15) is 0 Å². The Kier molecular flexibility index (Phi) is 31.2. The van der Waals surface area contributed by atoms with Crippen LogP contribution in [-0.4, -0.2) is 92.3 Å². The zero-order valence-corrected chi connectivity index (χ0v) is 21.8. The number of aliphatic hydroxyl groups is 4. The molecule has 0 fully saturated rings. The summed E-state index contributed by atoms with van der Waals surface area (Å²) in [5.74, 6) is -1.18. The largest absolute Gasteiger partial charge is 0.396 e. The lowest BCUT2D eigenvalue weighted by Crippen LogP contribution is -2.46. The third kappa shape index (κ3) is 23.3. The summed E-state index contributed by atoms with van der Waals surface area (Å²) in [7, 11) is 0. The molecule has 0 spiro atoms. The molecule has 0 aromatic carbocycles. The van der Waals surface area contributed by atoms with Crippen LogP contribution in [0.3, 0.4) is 0 Å². The molecule has 0 saturated heterocycles. The number of hydrogen-bond donors (Lipinski definition) is 4. The summed E-state index contributed by atoms with van der Waals surface area (Å²) in [4.78, 5) is 0. The van der Waals surface area contributed by atoms with Crippen LogP contribution < -0.4 is 0 Å². The smallest absolute Gasteiger partial charge is 0.216 e. The Morgan fingerprint density at radius 2 is 0.947 bits per heavy atom. The van der Waals surface area contributed by atoms with Crippen LogP contribution in [0.25, 0.3) is 0 Å². The van der Waals surface area contributed by atoms with Gasteiger partial charge in [-0.15, -0.1) is 0 Å². The summed E-state index contributed by atoms with van der Waals surface area (Å²) in [5.41, 5.74) is -1.11. The normalized spacial score (nSPS) is 10.1. The minimum absolute atomic E-state index is 0.0559. The van der Waals surface area contributed by atoms with Gasteiger partial charge in [0.05, 0.1) is 101 Å². The van der Waals surface area contributed by atoms with E-state index in [1.807, 2.05) is 24.3 Å². The Morgan fingerprint density at radius 3 is 1.18 bits per heavy atom. The molecular formula is C25H39N5O8. The quantitative estimate of drug-likeness (QED) is 0.0956. The minimum Gasteiger partial charge on any atom is -0.396 e. The van der Waals surface area contributed by atoms with Gasteiger partial charge in [0.1, 0.15) is 13.2 Å². The SMILES string of the molecule is C=CC#N.N#CCCCOC(COCCC#N)(COCCC#N)OCCCC#N.OCC(CO)(CO)CO. The summed E-state index contributed by atoms with van der Waals surface area (Å²) in [6.45, 7) is 2.65. The predicted molar refractivity (Wildman–Crippen MR) is 133 cm³/mol. The first-order chi connectivity index (χ1) is 18.4. The number of hydrogen-bond acceptors (Lipinski definition) is 13. The number of unbranched alkanes of at least 4 members (excludes halogenated alkanes) is 2. The molecule has 0 unspecified atom stereocenters. The molecule has 4 N–H and O–H groups in total. The number of rotatable bonds is 20. The van der Waals surface area contributed by atoms with E-state index in [4.69, 9.17) is 65.7 Å². The van der Waals surface area contributed by atoms with Gasteiger partial charge in [0.15, 0.2) is 0 Å². The van der Waals surface area contributed by atoms with E-state index >= 15 is 0 Å². The molecule has 0 bridgehead atoms. The van der Waals surface area contributed by atoms with Crippen LogP contribution in [0.15, 0.2) is 12.7 Å². The summed E-state index contributed by atoms with van der Waals surface area (Å²) >= 11 is 0. The van der Waals surface area contributed by atoms with Gasteiger partial charge in [-0.05, 0) is 12.8 Å². The van der Waals surface area contributed by atoms with E-state index in [2.05, 4.69) is 6.58 Å². The standard InChI is InChI=1S/C17H24N4O4.C5H12O4.C3H3N/c18-7-1-3-13-24-17(15-22-11-5-9-20,16-23-12-6-10-21)25-14-4-2-8-19;6-1-5(2-7,3-8)4-9;1-2-3-4/h1-6,11-16H2;6-9H,1-4H2;2H,1H2. The van der Waals surface area contributed by atoms with Crippen molar-refractivity contribution in [2.45, 2.75) is 44.3 Å². The Balaban J connectivity index is -0.000000774. The number of nitriles is 5. The minimum atomic E-state index is -1.18. The molecule has 0 aromatic heterocycles. The third-order valence-corrected chi connectivity index (χ3v) is 4.39. The van der Waals surface area contributed by atoms with Crippen LogP contribution in [0.5, 0.6) is 0 Å². The van der Waals surface area contributed by atoms with Crippen molar-refractivity contribution in [3.63, 3.8) is 0 Å². The van der Waals surface area contributed by atoms with Crippen LogP contribution in [0.2, 0.25) is 0 Å². The fourth-order valence-corrected chi connectivity index (χ4v) is 2.06. The molecule has 0 aliphatic heterocycles. The molecule has 0 radical (unpaired) electrons. The van der Waals surface area contributed by atoms with Crippen molar-refractivity contribution >= 4 is 0 Å². The van der Waals surface area contributed by atoms with Gasteiger partial charge in [0.2, 0.25) is 5.79 Å². The first-order valence-corrected chi connectivity index (χ1v) is 11.8. The van der Waals surface area contributed by atoms with E-state index < -0.39 is 37.6 Å². The van der Waals surface area contributed by atoms with Crippen molar-refractivity contribution in [2.24, 2.45) is 5.41 Å². The molecule has 0 heterocycles. The van der Waals surface area contributed by atoms with Crippen LogP contribution in [0.1, 0.15) is 38.5 Å². The molecular weight excluding hydrogens is 498 g/mol. The summed E-state index contributed by atoms with van der Waals surface area (Å²) in [6.07, 6.45) is 3.46. The van der Waals surface area contributed by atoms with E-state index in [1.54, 1.807) is 6.07 Å². The van der Waals surface area contributed by atoms with Crippen molar-refractivity contribution in [1.82, 2.24) is 0 Å². The Morgan fingerprint density at radius 1 is 0.605 bits per heavy atom. The van der Waals surface area contributed by atoms with Crippen LogP contribution in [0, 0.1) is 62.1 Å². The third-order valence-electron chi connectivity index (χ3n) is 4.39. The van der Waals surface area contributed by atoms with Gasteiger partial charge in [-0.2, -0.15) is 26.3 Å². The first kappa shape index (κ1) is 39.4. The number of allylic oxidation sites excluding steroid dienone is 1. The lowest BCUT2D eigenvalue weighted by molar-refractivity contribution is -0.282. The molecule has 0 aromatic rings. The highest BCUT2D eigenvalue weighted by Gasteiger charge is 2.33. The van der Waals surface area contributed by atoms with Gasteiger partial charge in [-0.3, -0.25) is 0 Å². The second-order valence-corrected chi connectivity index (χ2v) is 7.52. The number of ether oxygens (including phenoxy) is 4. The molecule has 0 atom stereocenters. The van der Waals surface area contributed by atoms with Gasteiger partial charge in [-0.25, -0.2) is 0 Å². The summed E-state index contributed by atoms with van der Waals surface area (Å²) in [6, 6.07) is 9.75. The molecule has 0 saturated carbocycles. The van der Waals surface area contributed by atoms with E-state index in [0.717, 1.165) is 0 Å². The van der Waals surface area contributed by atoms with Gasteiger partial charge >= 0.3 is 0 Å². The number of nitrogens with zero attached hydrogens (tertiary/aromatic N) is 5. The molecule has 13 nitrogen and oxygen atoms in total. The second-order valence-electron chi connectivity index (χ2n) is 7.52. The van der Waals surface area contributed by atoms with Crippen molar-refractivity contribution in [1.29, 1.82) is 26.3 Å². The Hall–Kier alpha value is -3.13. The molecule has 0 amide bonds. The molecule has 0 rings (SSSR count). The highest BCUT2D eigenvalue weighted by molar-refractivity contribution is 4.93. The highest BCUT2D eigenvalue weighted by atomic mass is 16.7. The second kappa shape index (κ2) is 30.1. The van der Waals surface area contributed by atoms with E-state index in [1.165, 1.54) is 6.08 Å². The Labute approximate surface area is 224 Å². The maximum atomic E-state index is 8.62. The van der Waals surface area contributed by atoms with Crippen molar-refractivity contribution in [3.8, 4) is 30.3 Å². The molecule has 0 aliphatic rings. The fourth-order valence-electron chi connectivity index (χ4n) is 2.06. The van der Waals surface area contributed by atoms with Crippen LogP contribution >= 0.6 is 0 Å². The van der Waals surface area contributed by atoms with Crippen LogP contribution in [-0.2, 0) is 18.9 Å². The van der Waals surface area contributed by atoms with Crippen molar-refractivity contribution in [3.05, 3.63) is 12.7 Å². The van der Waals surface area contributed by atoms with Crippen LogP contribution in [0.4, 0.5) is 0 Å². The monoisotopic (exact) mass is 537 g/mol. The molecule has 38 heavy (non-hydrogen) atoms. The average molecular weight is 538 g/mol. The topological polar surface area (TPSA) is 237 Å². The average Bonchev–Trinajstić information content (AvgIpc) is 2.96. The Bertz CT molecular complexity index is 662. The summed E-state index contributed by atoms with van der Waals surface area (Å²) < 4.78 is 22.5. The molecule has 13 heteroatoms. The van der Waals surface area contributed by atoms with Gasteiger partial charge in [0.25, 0.3) is 0 Å². The zero-order chi connectivity index (χ0) is 29.4. The van der Waals surface area contributed by atoms with E-state index in [-0.39, 0.29) is 52.5 Å². The lowest BCUT2D eigenvalue weighted by atomic mass is 9.93. The fraction of sp³-hybridized carbons (Fsp3) is 0.720. The van der Waals surface area contributed by atoms with Gasteiger partial charge in [0, 0.05) is 18.9 Å². The van der Waals surface area contributed by atoms with Crippen molar-refractivity contribution < 1.29 is 39.4 Å². The number of aliphatic hydroxyl groups excluding tert-OH is 4. The maximum Gasteiger partial charge on any atom is 0.216 e. The first-order valence-electron chi connectivity index (χ1n) is 11.8. The van der Waals surface area contributed by atoms with Gasteiger partial charge < -0.3 is 39.4 Å². The molecule has 212 valence electrons. The maximum absolute atomic E-state index is 8.62. The highest BCUT2D eigenvalue weighted by Crippen LogP contribution is 2.18. The van der Waals surface area contributed by atoms with Crippen molar-refractivity contribution in [2.75, 3.05) is 66.1 Å². The zero-order valence-electron chi connectivity index (χ0n) is 21.8. The summed E-state index contributed by atoms with van der Waals surface area (Å²) in [5, 5.41) is 75.9. The predicted octanol–water partition coefficient (Wildman–Crippen LogP) is 0.822. The lowest BCUT2D eigenvalue weighted by Gasteiger charge is -2.33. The molecule has 0 aliphatic carbocycles. The van der Waals surface area contributed by atoms with Gasteiger partial charge in [-0.1, -0.05) is 6.58 Å².